The van der Waals surface area contributed by atoms with E-state index in [9.17, 15) is 0 Å². The second-order valence-electron chi connectivity index (χ2n) is 5.49. The average Bonchev–Trinajstić information content (AvgIpc) is 2.47. The first-order valence-corrected chi connectivity index (χ1v) is 7.90. The number of ether oxygens (including phenoxy) is 1. The highest BCUT2D eigenvalue weighted by molar-refractivity contribution is 6.30. The van der Waals surface area contributed by atoms with Gasteiger partial charge < -0.3 is 10.1 Å². The number of hydrogen-bond donors (Lipinski definition) is 1. The van der Waals surface area contributed by atoms with Crippen LogP contribution < -0.4 is 5.32 Å². The number of nitrogens with one attached hydrogen (secondary N) is 1. The largest absolute Gasteiger partial charge is 0.379 e. The minimum Gasteiger partial charge on any atom is -0.379 e. The molecule has 0 bridgehead atoms. The Morgan fingerprint density at radius 3 is 2.65 bits per heavy atom. The Labute approximate surface area is 127 Å². The highest BCUT2D eigenvalue weighted by Gasteiger charge is 2.09. The van der Waals surface area contributed by atoms with Crippen molar-refractivity contribution < 1.29 is 4.74 Å². The Morgan fingerprint density at radius 1 is 1.25 bits per heavy atom. The Bertz CT molecular complexity index is 377. The zero-order valence-corrected chi connectivity index (χ0v) is 13.0. The van der Waals surface area contributed by atoms with Crippen molar-refractivity contribution >= 4 is 11.6 Å². The van der Waals surface area contributed by atoms with E-state index in [2.05, 4.69) is 29.3 Å². The fourth-order valence-corrected chi connectivity index (χ4v) is 2.65. The van der Waals surface area contributed by atoms with Crippen molar-refractivity contribution in [2.75, 3.05) is 39.4 Å². The van der Waals surface area contributed by atoms with Gasteiger partial charge in [-0.2, -0.15) is 0 Å². The Balaban J connectivity index is 1.57. The molecule has 3 nitrogen and oxygen atoms in total. The van der Waals surface area contributed by atoms with Gasteiger partial charge in [0.05, 0.1) is 13.2 Å². The van der Waals surface area contributed by atoms with E-state index >= 15 is 0 Å². The lowest BCUT2D eigenvalue weighted by atomic mass is 10.1. The SMILES string of the molecule is CC(Cc1ccc(Cl)cc1)NCCCN1CCOCC1. The number of halogens is 1. The van der Waals surface area contributed by atoms with Crippen LogP contribution in [0.1, 0.15) is 18.9 Å². The minimum absolute atomic E-state index is 0.501. The van der Waals surface area contributed by atoms with E-state index in [0.717, 1.165) is 44.3 Å². The smallest absolute Gasteiger partial charge is 0.0594 e. The number of benzene rings is 1. The number of nitrogens with zero attached hydrogens (tertiary/aromatic N) is 1. The van der Waals surface area contributed by atoms with E-state index in [-0.39, 0.29) is 0 Å². The first-order chi connectivity index (χ1) is 9.74. The maximum Gasteiger partial charge on any atom is 0.0594 e. The molecule has 1 aliphatic heterocycles. The van der Waals surface area contributed by atoms with E-state index in [1.54, 1.807) is 0 Å². The van der Waals surface area contributed by atoms with Crippen LogP contribution in [0.2, 0.25) is 5.02 Å². The molecule has 4 heteroatoms. The maximum atomic E-state index is 5.90. The third kappa shape index (κ3) is 5.80. The van der Waals surface area contributed by atoms with Gasteiger partial charge in [0.2, 0.25) is 0 Å². The van der Waals surface area contributed by atoms with Crippen LogP contribution in [0.25, 0.3) is 0 Å². The molecule has 112 valence electrons. The predicted octanol–water partition coefficient (Wildman–Crippen LogP) is 2.58. The Hall–Kier alpha value is -0.610. The van der Waals surface area contributed by atoms with E-state index in [4.69, 9.17) is 16.3 Å². The van der Waals surface area contributed by atoms with Gasteiger partial charge in [0.1, 0.15) is 0 Å². The van der Waals surface area contributed by atoms with Crippen molar-refractivity contribution in [2.24, 2.45) is 0 Å². The van der Waals surface area contributed by atoms with Crippen molar-refractivity contribution in [3.63, 3.8) is 0 Å². The van der Waals surface area contributed by atoms with Crippen LogP contribution >= 0.6 is 11.6 Å². The highest BCUT2D eigenvalue weighted by Crippen LogP contribution is 2.11. The molecule has 0 saturated carbocycles. The third-order valence-corrected chi connectivity index (χ3v) is 3.95. The molecule has 1 aliphatic rings. The Kier molecular flexibility index (Phi) is 6.80. The first kappa shape index (κ1) is 15.8. The summed E-state index contributed by atoms with van der Waals surface area (Å²) < 4.78 is 5.35. The van der Waals surface area contributed by atoms with Crippen molar-refractivity contribution in [3.8, 4) is 0 Å². The van der Waals surface area contributed by atoms with Gasteiger partial charge in [-0.1, -0.05) is 23.7 Å². The van der Waals surface area contributed by atoms with Gasteiger partial charge in [-0.3, -0.25) is 4.90 Å². The van der Waals surface area contributed by atoms with Crippen LogP contribution in [-0.2, 0) is 11.2 Å². The molecular weight excluding hydrogens is 272 g/mol. The second kappa shape index (κ2) is 8.63. The summed E-state index contributed by atoms with van der Waals surface area (Å²) in [7, 11) is 0. The zero-order valence-electron chi connectivity index (χ0n) is 12.3. The maximum absolute atomic E-state index is 5.90. The molecule has 0 aliphatic carbocycles. The van der Waals surface area contributed by atoms with Crippen LogP contribution in [0.15, 0.2) is 24.3 Å². The van der Waals surface area contributed by atoms with Crippen molar-refractivity contribution in [2.45, 2.75) is 25.8 Å². The molecule has 0 spiro atoms. The highest BCUT2D eigenvalue weighted by atomic mass is 35.5. The molecule has 1 fully saturated rings. The summed E-state index contributed by atoms with van der Waals surface area (Å²) in [6.07, 6.45) is 2.25. The molecule has 20 heavy (non-hydrogen) atoms. The van der Waals surface area contributed by atoms with Gasteiger partial charge >= 0.3 is 0 Å². The molecular formula is C16H25ClN2O. The van der Waals surface area contributed by atoms with Crippen LogP contribution in [-0.4, -0.2) is 50.3 Å². The number of rotatable bonds is 7. The van der Waals surface area contributed by atoms with Gasteiger partial charge in [0, 0.05) is 24.2 Å². The molecule has 1 heterocycles. The summed E-state index contributed by atoms with van der Waals surface area (Å²) >= 11 is 5.90. The van der Waals surface area contributed by atoms with Crippen molar-refractivity contribution in [1.29, 1.82) is 0 Å². The third-order valence-electron chi connectivity index (χ3n) is 3.70. The fourth-order valence-electron chi connectivity index (χ4n) is 2.52. The van der Waals surface area contributed by atoms with E-state index < -0.39 is 0 Å². The summed E-state index contributed by atoms with van der Waals surface area (Å²) in [4.78, 5) is 2.48. The topological polar surface area (TPSA) is 24.5 Å². The molecule has 1 aromatic carbocycles. The summed E-state index contributed by atoms with van der Waals surface area (Å²) in [6, 6.07) is 8.63. The quantitative estimate of drug-likeness (QED) is 0.783. The second-order valence-corrected chi connectivity index (χ2v) is 5.93. The normalized spacial score (nSPS) is 18.1. The van der Waals surface area contributed by atoms with Gasteiger partial charge in [0.25, 0.3) is 0 Å². The van der Waals surface area contributed by atoms with Gasteiger partial charge in [-0.05, 0) is 50.6 Å². The van der Waals surface area contributed by atoms with Crippen LogP contribution in [0, 0.1) is 0 Å². The predicted molar refractivity (Wildman–Crippen MR) is 84.5 cm³/mol. The lowest BCUT2D eigenvalue weighted by Crippen LogP contribution is -2.38. The van der Waals surface area contributed by atoms with Crippen LogP contribution in [0.5, 0.6) is 0 Å². The average molecular weight is 297 g/mol. The first-order valence-electron chi connectivity index (χ1n) is 7.52. The van der Waals surface area contributed by atoms with Crippen LogP contribution in [0.4, 0.5) is 0 Å². The van der Waals surface area contributed by atoms with Gasteiger partial charge in [-0.15, -0.1) is 0 Å². The van der Waals surface area contributed by atoms with Gasteiger partial charge in [0.15, 0.2) is 0 Å². The van der Waals surface area contributed by atoms with E-state index in [1.165, 1.54) is 18.5 Å². The molecule has 2 rings (SSSR count). The van der Waals surface area contributed by atoms with E-state index in [0.29, 0.717) is 6.04 Å². The molecule has 1 N–H and O–H groups in total. The molecule has 1 saturated heterocycles. The molecule has 1 atom stereocenters. The van der Waals surface area contributed by atoms with Gasteiger partial charge in [-0.25, -0.2) is 0 Å². The Morgan fingerprint density at radius 2 is 1.95 bits per heavy atom. The van der Waals surface area contributed by atoms with Crippen molar-refractivity contribution in [3.05, 3.63) is 34.9 Å². The summed E-state index contributed by atoms with van der Waals surface area (Å²) in [5.41, 5.74) is 1.34. The lowest BCUT2D eigenvalue weighted by molar-refractivity contribution is 0.0374. The lowest BCUT2D eigenvalue weighted by Gasteiger charge is -2.26. The van der Waals surface area contributed by atoms with Crippen molar-refractivity contribution in [1.82, 2.24) is 10.2 Å². The minimum atomic E-state index is 0.501. The molecule has 0 aromatic heterocycles. The van der Waals surface area contributed by atoms with E-state index in [1.807, 2.05) is 12.1 Å². The monoisotopic (exact) mass is 296 g/mol. The fraction of sp³-hybridized carbons (Fsp3) is 0.625. The summed E-state index contributed by atoms with van der Waals surface area (Å²) in [5, 5.41) is 4.40. The number of hydrogen-bond acceptors (Lipinski definition) is 3. The summed E-state index contributed by atoms with van der Waals surface area (Å²) in [6.45, 7) is 8.43. The molecule has 1 aromatic rings. The molecule has 0 radical (unpaired) electrons. The zero-order chi connectivity index (χ0) is 14.2. The molecule has 0 amide bonds. The number of morpholine rings is 1. The summed E-state index contributed by atoms with van der Waals surface area (Å²) in [5.74, 6) is 0. The molecule has 1 unspecified atom stereocenters. The van der Waals surface area contributed by atoms with Crippen LogP contribution in [0.3, 0.4) is 0 Å². The standard InChI is InChI=1S/C16H25ClN2O/c1-14(13-15-3-5-16(17)6-4-15)18-7-2-8-19-9-11-20-12-10-19/h3-6,14,18H,2,7-13H2,1H3.